The fourth-order valence-electron chi connectivity index (χ4n) is 1.42. The molecule has 1 aromatic rings. The van der Waals surface area contributed by atoms with Crippen LogP contribution in [0.5, 0.6) is 0 Å². The molecule has 0 spiro atoms. The topological polar surface area (TPSA) is 38.0 Å². The van der Waals surface area contributed by atoms with E-state index in [0.717, 1.165) is 18.6 Å². The van der Waals surface area contributed by atoms with Crippen LogP contribution in [0.1, 0.15) is 31.4 Å². The van der Waals surface area contributed by atoms with Crippen molar-refractivity contribution < 1.29 is 13.2 Å². The second kappa shape index (κ2) is 5.56. The van der Waals surface area contributed by atoms with Gasteiger partial charge in [-0.3, -0.25) is 0 Å². The van der Waals surface area contributed by atoms with E-state index in [2.05, 4.69) is 5.32 Å². The number of rotatable bonds is 4. The number of hydrogen-bond acceptors (Lipinski definition) is 2. The van der Waals surface area contributed by atoms with Crippen molar-refractivity contribution in [3.63, 3.8) is 0 Å². The Bertz CT molecular complexity index is 443. The van der Waals surface area contributed by atoms with Gasteiger partial charge in [-0.15, -0.1) is 0 Å². The highest BCUT2D eigenvalue weighted by Gasteiger charge is 2.31. The molecule has 0 aliphatic rings. The zero-order chi connectivity index (χ0) is 13.9. The van der Waals surface area contributed by atoms with E-state index in [9.17, 15) is 13.2 Å². The summed E-state index contributed by atoms with van der Waals surface area (Å²) < 4.78 is 37.8. The van der Waals surface area contributed by atoms with Gasteiger partial charge in [-0.05, 0) is 31.5 Å². The number of thiocarbonyl (C=S) groups is 1. The van der Waals surface area contributed by atoms with Crippen molar-refractivity contribution in [2.45, 2.75) is 32.5 Å². The average molecular weight is 276 g/mol. The first kappa shape index (κ1) is 14.8. The Morgan fingerprint density at radius 2 is 2.06 bits per heavy atom. The van der Waals surface area contributed by atoms with E-state index in [4.69, 9.17) is 18.0 Å². The first-order chi connectivity index (χ1) is 8.25. The first-order valence-corrected chi connectivity index (χ1v) is 5.94. The molecule has 0 aliphatic heterocycles. The predicted octanol–water partition coefficient (Wildman–Crippen LogP) is 3.55. The zero-order valence-corrected chi connectivity index (χ0v) is 11.0. The Morgan fingerprint density at radius 1 is 1.44 bits per heavy atom. The average Bonchev–Trinajstić information content (AvgIpc) is 2.27. The Kier molecular flexibility index (Phi) is 4.56. The van der Waals surface area contributed by atoms with Gasteiger partial charge in [-0.25, -0.2) is 0 Å². The molecule has 18 heavy (non-hydrogen) atoms. The second-order valence-corrected chi connectivity index (χ2v) is 4.52. The molecule has 0 bridgehead atoms. The highest BCUT2D eigenvalue weighted by molar-refractivity contribution is 7.80. The Morgan fingerprint density at radius 3 is 2.50 bits per heavy atom. The van der Waals surface area contributed by atoms with Gasteiger partial charge in [0.15, 0.2) is 0 Å². The van der Waals surface area contributed by atoms with Crippen LogP contribution >= 0.6 is 12.2 Å². The third kappa shape index (κ3) is 3.60. The lowest BCUT2D eigenvalue weighted by molar-refractivity contribution is -0.137. The lowest BCUT2D eigenvalue weighted by Crippen LogP contribution is -2.19. The Balaban J connectivity index is 3.17. The fraction of sp³-hybridized carbons (Fsp3) is 0.417. The molecule has 1 unspecified atom stereocenters. The summed E-state index contributed by atoms with van der Waals surface area (Å²) >= 11 is 4.79. The van der Waals surface area contributed by atoms with Gasteiger partial charge in [0.2, 0.25) is 0 Å². The van der Waals surface area contributed by atoms with Crippen LogP contribution in [0.4, 0.5) is 18.9 Å². The number of hydrogen-bond donors (Lipinski definition) is 2. The SMILES string of the molecule is CCC(C)Nc1ccc(C(F)(F)F)cc1C(N)=S. The normalized spacial score (nSPS) is 13.2. The van der Waals surface area contributed by atoms with Crippen LogP contribution in [0.25, 0.3) is 0 Å². The summed E-state index contributed by atoms with van der Waals surface area (Å²) in [4.78, 5) is -0.0492. The van der Waals surface area contributed by atoms with Gasteiger partial charge in [0.1, 0.15) is 4.99 Å². The third-order valence-corrected chi connectivity index (χ3v) is 2.85. The Labute approximate surface area is 109 Å². The number of benzene rings is 1. The summed E-state index contributed by atoms with van der Waals surface area (Å²) in [5.41, 5.74) is 5.47. The molecule has 0 amide bonds. The molecule has 1 rings (SSSR count). The molecule has 0 saturated heterocycles. The van der Waals surface area contributed by atoms with Crippen LogP contribution in [0, 0.1) is 0 Å². The number of anilines is 1. The van der Waals surface area contributed by atoms with Crippen molar-refractivity contribution in [2.75, 3.05) is 5.32 Å². The number of halogens is 3. The van der Waals surface area contributed by atoms with E-state index >= 15 is 0 Å². The summed E-state index contributed by atoms with van der Waals surface area (Å²) in [7, 11) is 0. The molecule has 1 aromatic carbocycles. The van der Waals surface area contributed by atoms with Gasteiger partial charge < -0.3 is 11.1 Å². The van der Waals surface area contributed by atoms with Gasteiger partial charge in [0, 0.05) is 17.3 Å². The number of nitrogens with two attached hydrogens (primary N) is 1. The lowest BCUT2D eigenvalue weighted by Gasteiger charge is -2.18. The summed E-state index contributed by atoms with van der Waals surface area (Å²) in [6, 6.07) is 3.50. The minimum atomic E-state index is -4.39. The van der Waals surface area contributed by atoms with Crippen LogP contribution < -0.4 is 11.1 Å². The fourth-order valence-corrected chi connectivity index (χ4v) is 1.59. The largest absolute Gasteiger partial charge is 0.416 e. The molecule has 3 N–H and O–H groups in total. The smallest absolute Gasteiger partial charge is 0.389 e. The standard InChI is InChI=1S/C12H15F3N2S/c1-3-7(2)17-10-5-4-8(12(13,14)15)6-9(10)11(16)18/h4-7,17H,3H2,1-2H3,(H2,16,18). The van der Waals surface area contributed by atoms with Crippen molar-refractivity contribution in [1.29, 1.82) is 0 Å². The van der Waals surface area contributed by atoms with Gasteiger partial charge in [-0.2, -0.15) is 13.2 Å². The molecule has 6 heteroatoms. The highest BCUT2D eigenvalue weighted by Crippen LogP contribution is 2.32. The molecule has 1 atom stereocenters. The van der Waals surface area contributed by atoms with E-state index in [1.165, 1.54) is 6.07 Å². The molecule has 0 saturated carbocycles. The van der Waals surface area contributed by atoms with Crippen molar-refractivity contribution in [1.82, 2.24) is 0 Å². The third-order valence-electron chi connectivity index (χ3n) is 2.63. The molecule has 0 heterocycles. The van der Waals surface area contributed by atoms with Gasteiger partial charge in [0.25, 0.3) is 0 Å². The van der Waals surface area contributed by atoms with E-state index in [0.29, 0.717) is 5.69 Å². The first-order valence-electron chi connectivity index (χ1n) is 5.53. The van der Waals surface area contributed by atoms with E-state index in [1.54, 1.807) is 0 Å². The molecule has 0 aromatic heterocycles. The molecule has 0 aliphatic carbocycles. The maximum absolute atomic E-state index is 12.6. The quantitative estimate of drug-likeness (QED) is 0.826. The predicted molar refractivity (Wildman–Crippen MR) is 70.7 cm³/mol. The Hall–Kier alpha value is -1.30. The summed E-state index contributed by atoms with van der Waals surface area (Å²) in [6.45, 7) is 3.91. The van der Waals surface area contributed by atoms with Crippen LogP contribution in [0.15, 0.2) is 18.2 Å². The van der Waals surface area contributed by atoms with Crippen LogP contribution in [0.2, 0.25) is 0 Å². The van der Waals surface area contributed by atoms with Gasteiger partial charge >= 0.3 is 6.18 Å². The van der Waals surface area contributed by atoms with Crippen LogP contribution in [0.3, 0.4) is 0 Å². The van der Waals surface area contributed by atoms with Crippen molar-refractivity contribution in [3.8, 4) is 0 Å². The monoisotopic (exact) mass is 276 g/mol. The number of nitrogens with one attached hydrogen (secondary N) is 1. The maximum Gasteiger partial charge on any atom is 0.416 e. The lowest BCUT2D eigenvalue weighted by atomic mass is 10.1. The van der Waals surface area contributed by atoms with Gasteiger partial charge in [0.05, 0.1) is 5.56 Å². The zero-order valence-electron chi connectivity index (χ0n) is 10.1. The summed E-state index contributed by atoms with van der Waals surface area (Å²) in [5.74, 6) is 0. The highest BCUT2D eigenvalue weighted by atomic mass is 32.1. The summed E-state index contributed by atoms with van der Waals surface area (Å²) in [6.07, 6.45) is -3.55. The molecule has 2 nitrogen and oxygen atoms in total. The molecular weight excluding hydrogens is 261 g/mol. The number of alkyl halides is 3. The minimum Gasteiger partial charge on any atom is -0.389 e. The van der Waals surface area contributed by atoms with Crippen molar-refractivity contribution >= 4 is 22.9 Å². The molecule has 0 fully saturated rings. The van der Waals surface area contributed by atoms with E-state index in [-0.39, 0.29) is 16.6 Å². The van der Waals surface area contributed by atoms with Crippen molar-refractivity contribution in [2.24, 2.45) is 5.73 Å². The maximum atomic E-state index is 12.6. The van der Waals surface area contributed by atoms with Crippen LogP contribution in [-0.2, 0) is 6.18 Å². The van der Waals surface area contributed by atoms with Crippen LogP contribution in [-0.4, -0.2) is 11.0 Å². The minimum absolute atomic E-state index is 0.0492. The summed E-state index contributed by atoms with van der Waals surface area (Å²) in [5, 5.41) is 3.09. The van der Waals surface area contributed by atoms with Crippen molar-refractivity contribution in [3.05, 3.63) is 29.3 Å². The molecular formula is C12H15F3N2S. The van der Waals surface area contributed by atoms with Gasteiger partial charge in [-0.1, -0.05) is 19.1 Å². The van der Waals surface area contributed by atoms with E-state index < -0.39 is 11.7 Å². The second-order valence-electron chi connectivity index (χ2n) is 4.08. The molecule has 100 valence electrons. The van der Waals surface area contributed by atoms with E-state index in [1.807, 2.05) is 13.8 Å². The molecule has 0 radical (unpaired) electrons.